The number of hydrogen-bond acceptors (Lipinski definition) is 3. The third kappa shape index (κ3) is 13.2. The third-order valence-electron chi connectivity index (χ3n) is 5.01. The van der Waals surface area contributed by atoms with Crippen LogP contribution in [-0.2, 0) is 9.47 Å². The van der Waals surface area contributed by atoms with Crippen molar-refractivity contribution in [1.82, 2.24) is 0 Å². The van der Waals surface area contributed by atoms with E-state index in [1.807, 2.05) is 0 Å². The van der Waals surface area contributed by atoms with Gasteiger partial charge in [0.1, 0.15) is 0 Å². The highest BCUT2D eigenvalue weighted by molar-refractivity contribution is 4.63. The molecular weight excluding hydrogens is 300 g/mol. The normalized spacial score (nSPS) is 21.2. The predicted octanol–water partition coefficient (Wildman–Crippen LogP) is 5.98. The van der Waals surface area contributed by atoms with Crippen LogP contribution >= 0.6 is 0 Å². The maximum absolute atomic E-state index is 9.35. The van der Waals surface area contributed by atoms with Crippen LogP contribution in [0.15, 0.2) is 0 Å². The van der Waals surface area contributed by atoms with E-state index in [2.05, 4.69) is 6.92 Å². The molecule has 0 amide bonds. The Hall–Kier alpha value is -0.120. The van der Waals surface area contributed by atoms with E-state index < -0.39 is 0 Å². The zero-order valence-corrected chi connectivity index (χ0v) is 16.1. The maximum Gasteiger partial charge on any atom is 0.157 e. The van der Waals surface area contributed by atoms with Crippen LogP contribution in [0, 0.1) is 0 Å². The second-order valence-electron chi connectivity index (χ2n) is 7.46. The Labute approximate surface area is 150 Å². The van der Waals surface area contributed by atoms with Gasteiger partial charge in [0.25, 0.3) is 0 Å². The lowest BCUT2D eigenvalue weighted by Crippen LogP contribution is -2.31. The largest absolute Gasteiger partial charge is 0.391 e. The SMILES string of the molecule is CCCCCCCCCCCCCCCCOC1CCC(O)CO1. The molecule has 2 atom stereocenters. The Kier molecular flexibility index (Phi) is 14.9. The Balaban J connectivity index is 1.69. The number of rotatable bonds is 16. The Morgan fingerprint density at radius 2 is 1.25 bits per heavy atom. The van der Waals surface area contributed by atoms with Crippen molar-refractivity contribution in [2.45, 2.75) is 122 Å². The summed E-state index contributed by atoms with van der Waals surface area (Å²) in [5.74, 6) is 0. The molecule has 3 heteroatoms. The van der Waals surface area contributed by atoms with E-state index in [-0.39, 0.29) is 12.4 Å². The zero-order valence-electron chi connectivity index (χ0n) is 16.1. The van der Waals surface area contributed by atoms with Crippen molar-refractivity contribution >= 4 is 0 Å². The van der Waals surface area contributed by atoms with E-state index in [9.17, 15) is 5.11 Å². The van der Waals surface area contributed by atoms with Crippen LogP contribution in [0.5, 0.6) is 0 Å². The van der Waals surface area contributed by atoms with Crippen LogP contribution in [0.1, 0.15) is 110 Å². The summed E-state index contributed by atoms with van der Waals surface area (Å²) in [6.07, 6.45) is 20.7. The van der Waals surface area contributed by atoms with Crippen molar-refractivity contribution in [1.29, 1.82) is 0 Å². The van der Waals surface area contributed by atoms with Gasteiger partial charge in [0, 0.05) is 13.0 Å². The molecule has 0 bridgehead atoms. The van der Waals surface area contributed by atoms with Gasteiger partial charge in [-0.25, -0.2) is 0 Å². The summed E-state index contributed by atoms with van der Waals surface area (Å²) < 4.78 is 11.1. The molecule has 1 aliphatic rings. The van der Waals surface area contributed by atoms with E-state index in [1.165, 1.54) is 83.5 Å². The molecule has 2 unspecified atom stereocenters. The highest BCUT2D eigenvalue weighted by Gasteiger charge is 2.19. The minimum atomic E-state index is -0.286. The van der Waals surface area contributed by atoms with Crippen LogP contribution in [0.4, 0.5) is 0 Å². The number of aliphatic hydroxyl groups excluding tert-OH is 1. The number of aliphatic hydroxyl groups is 1. The van der Waals surface area contributed by atoms with Crippen LogP contribution in [0.2, 0.25) is 0 Å². The fraction of sp³-hybridized carbons (Fsp3) is 1.00. The lowest BCUT2D eigenvalue weighted by molar-refractivity contribution is -0.186. The first-order chi connectivity index (χ1) is 11.8. The average molecular weight is 343 g/mol. The smallest absolute Gasteiger partial charge is 0.157 e. The lowest BCUT2D eigenvalue weighted by atomic mass is 10.0. The van der Waals surface area contributed by atoms with Crippen molar-refractivity contribution in [3.63, 3.8) is 0 Å². The van der Waals surface area contributed by atoms with E-state index in [1.54, 1.807) is 0 Å². The molecule has 1 rings (SSSR count). The van der Waals surface area contributed by atoms with Gasteiger partial charge >= 0.3 is 0 Å². The molecule has 1 N–H and O–H groups in total. The quantitative estimate of drug-likeness (QED) is 0.351. The fourth-order valence-electron chi connectivity index (χ4n) is 3.36. The summed E-state index contributed by atoms with van der Waals surface area (Å²) in [6, 6.07) is 0. The molecule has 0 aliphatic carbocycles. The Morgan fingerprint density at radius 1 is 0.750 bits per heavy atom. The molecule has 144 valence electrons. The van der Waals surface area contributed by atoms with Crippen LogP contribution < -0.4 is 0 Å². The second kappa shape index (κ2) is 16.4. The van der Waals surface area contributed by atoms with Gasteiger partial charge in [-0.2, -0.15) is 0 Å². The molecule has 0 aromatic rings. The van der Waals surface area contributed by atoms with Crippen molar-refractivity contribution in [3.8, 4) is 0 Å². The minimum Gasteiger partial charge on any atom is -0.391 e. The van der Waals surface area contributed by atoms with Gasteiger partial charge < -0.3 is 14.6 Å². The Bertz CT molecular complexity index is 249. The van der Waals surface area contributed by atoms with E-state index in [4.69, 9.17) is 9.47 Å². The summed E-state index contributed by atoms with van der Waals surface area (Å²) in [6.45, 7) is 3.52. The van der Waals surface area contributed by atoms with Gasteiger partial charge in [0.2, 0.25) is 0 Å². The average Bonchev–Trinajstić information content (AvgIpc) is 2.60. The highest BCUT2D eigenvalue weighted by atomic mass is 16.7. The molecule has 1 heterocycles. The predicted molar refractivity (Wildman–Crippen MR) is 101 cm³/mol. The fourth-order valence-corrected chi connectivity index (χ4v) is 3.36. The molecule has 0 aromatic heterocycles. The van der Waals surface area contributed by atoms with E-state index in [0.29, 0.717) is 6.61 Å². The summed E-state index contributed by atoms with van der Waals surface area (Å²) >= 11 is 0. The monoisotopic (exact) mass is 342 g/mol. The van der Waals surface area contributed by atoms with Crippen molar-refractivity contribution < 1.29 is 14.6 Å². The Morgan fingerprint density at radius 3 is 1.71 bits per heavy atom. The summed E-state index contributed by atoms with van der Waals surface area (Å²) in [5, 5.41) is 9.35. The number of ether oxygens (including phenoxy) is 2. The summed E-state index contributed by atoms with van der Waals surface area (Å²) in [7, 11) is 0. The molecular formula is C21H42O3. The number of unbranched alkanes of at least 4 members (excludes halogenated alkanes) is 13. The van der Waals surface area contributed by atoms with Crippen LogP contribution in [0.3, 0.4) is 0 Å². The van der Waals surface area contributed by atoms with Crippen LogP contribution in [0.25, 0.3) is 0 Å². The van der Waals surface area contributed by atoms with Gasteiger partial charge in [-0.1, -0.05) is 90.4 Å². The molecule has 24 heavy (non-hydrogen) atoms. The first kappa shape index (κ1) is 21.9. The molecule has 0 spiro atoms. The molecule has 1 fully saturated rings. The molecule has 3 nitrogen and oxygen atoms in total. The summed E-state index contributed by atoms with van der Waals surface area (Å²) in [5.41, 5.74) is 0. The molecule has 1 aliphatic heterocycles. The van der Waals surface area contributed by atoms with Gasteiger partial charge in [-0.3, -0.25) is 0 Å². The molecule has 0 aromatic carbocycles. The van der Waals surface area contributed by atoms with E-state index >= 15 is 0 Å². The molecule has 0 saturated carbocycles. The van der Waals surface area contributed by atoms with Crippen molar-refractivity contribution in [3.05, 3.63) is 0 Å². The van der Waals surface area contributed by atoms with E-state index in [0.717, 1.165) is 25.9 Å². The second-order valence-corrected chi connectivity index (χ2v) is 7.46. The first-order valence-corrected chi connectivity index (χ1v) is 10.7. The molecule has 0 radical (unpaired) electrons. The van der Waals surface area contributed by atoms with Crippen molar-refractivity contribution in [2.75, 3.05) is 13.2 Å². The van der Waals surface area contributed by atoms with Gasteiger partial charge in [0.15, 0.2) is 6.29 Å². The maximum atomic E-state index is 9.35. The lowest BCUT2D eigenvalue weighted by Gasteiger charge is -2.26. The van der Waals surface area contributed by atoms with Gasteiger partial charge in [0.05, 0.1) is 12.7 Å². The first-order valence-electron chi connectivity index (χ1n) is 10.7. The number of hydrogen-bond donors (Lipinski definition) is 1. The van der Waals surface area contributed by atoms with Gasteiger partial charge in [-0.05, 0) is 12.8 Å². The molecule has 1 saturated heterocycles. The summed E-state index contributed by atoms with van der Waals surface area (Å²) in [4.78, 5) is 0. The topological polar surface area (TPSA) is 38.7 Å². The highest BCUT2D eigenvalue weighted by Crippen LogP contribution is 2.16. The standard InChI is InChI=1S/C21H42O3/c1-2-3-4-5-6-7-8-9-10-11-12-13-14-15-18-23-21-17-16-20(22)19-24-21/h20-22H,2-19H2,1H3. The minimum absolute atomic E-state index is 0.0737. The third-order valence-corrected chi connectivity index (χ3v) is 5.01. The van der Waals surface area contributed by atoms with Crippen LogP contribution in [-0.4, -0.2) is 30.7 Å². The van der Waals surface area contributed by atoms with Gasteiger partial charge in [-0.15, -0.1) is 0 Å². The zero-order chi connectivity index (χ0) is 17.3. The van der Waals surface area contributed by atoms with Crippen molar-refractivity contribution in [2.24, 2.45) is 0 Å².